The molecule has 0 aliphatic heterocycles. The van der Waals surface area contributed by atoms with Crippen LogP contribution < -0.4 is 0 Å². The summed E-state index contributed by atoms with van der Waals surface area (Å²) in [5.74, 6) is -0.500. The Hall–Kier alpha value is -2.21. The summed E-state index contributed by atoms with van der Waals surface area (Å²) in [6, 6.07) is 7.94. The van der Waals surface area contributed by atoms with Gasteiger partial charge in [0, 0.05) is 16.5 Å². The van der Waals surface area contributed by atoms with Gasteiger partial charge in [-0.1, -0.05) is 38.3 Å². The van der Waals surface area contributed by atoms with Crippen LogP contribution in [0.5, 0.6) is 0 Å². The van der Waals surface area contributed by atoms with Crippen molar-refractivity contribution in [2.24, 2.45) is 0 Å². The van der Waals surface area contributed by atoms with Gasteiger partial charge in [0.2, 0.25) is 0 Å². The van der Waals surface area contributed by atoms with Gasteiger partial charge in [-0.3, -0.25) is 4.79 Å². The monoisotopic (exact) mass is 416 g/mol. The third-order valence-electron chi connectivity index (χ3n) is 4.81. The van der Waals surface area contributed by atoms with Crippen LogP contribution in [-0.4, -0.2) is 34.4 Å². The highest BCUT2D eigenvalue weighted by molar-refractivity contribution is 7.09. The Morgan fingerprint density at radius 3 is 2.38 bits per heavy atom. The van der Waals surface area contributed by atoms with Crippen molar-refractivity contribution in [3.63, 3.8) is 0 Å². The molecule has 6 heteroatoms. The number of rotatable bonds is 9. The number of amides is 1. The topological polar surface area (TPSA) is 59.5 Å². The molecule has 0 aliphatic carbocycles. The Balaban J connectivity index is 2.10. The normalized spacial score (nSPS) is 11.3. The number of aromatic nitrogens is 1. The van der Waals surface area contributed by atoms with E-state index in [-0.39, 0.29) is 17.1 Å². The molecule has 0 radical (unpaired) electrons. The molecule has 0 aliphatic rings. The molecule has 1 amide bonds. The molecule has 0 saturated heterocycles. The summed E-state index contributed by atoms with van der Waals surface area (Å²) >= 11 is 1.36. The fourth-order valence-corrected chi connectivity index (χ4v) is 3.81. The maximum absolute atomic E-state index is 13.2. The number of thiazole rings is 1. The zero-order valence-corrected chi connectivity index (χ0v) is 19.0. The number of methoxy groups -OCH3 is 1. The molecular formula is C23H32N2O3S. The summed E-state index contributed by atoms with van der Waals surface area (Å²) in [7, 11) is 1.33. The number of hydrogen-bond acceptors (Lipinski definition) is 5. The van der Waals surface area contributed by atoms with Gasteiger partial charge in [-0.15, -0.1) is 11.3 Å². The summed E-state index contributed by atoms with van der Waals surface area (Å²) in [5, 5.41) is 2.38. The molecule has 2 aromatic rings. The lowest BCUT2D eigenvalue weighted by molar-refractivity contribution is 0.0558. The summed E-state index contributed by atoms with van der Waals surface area (Å²) in [4.78, 5) is 31.0. The molecule has 0 bridgehead atoms. The van der Waals surface area contributed by atoms with Gasteiger partial charge in [0.25, 0.3) is 5.91 Å². The second-order valence-corrected chi connectivity index (χ2v) is 9.13. The highest BCUT2D eigenvalue weighted by atomic mass is 32.1. The highest BCUT2D eigenvalue weighted by Gasteiger charge is 2.28. The maximum Gasteiger partial charge on any atom is 0.357 e. The van der Waals surface area contributed by atoms with E-state index in [0.29, 0.717) is 17.1 Å². The van der Waals surface area contributed by atoms with Crippen LogP contribution in [0.2, 0.25) is 0 Å². The minimum absolute atomic E-state index is 0.0372. The fraction of sp³-hybridized carbons (Fsp3) is 0.522. The lowest BCUT2D eigenvalue weighted by Gasteiger charge is -2.35. The highest BCUT2D eigenvalue weighted by Crippen LogP contribution is 2.23. The van der Waals surface area contributed by atoms with Gasteiger partial charge in [-0.2, -0.15) is 0 Å². The Kier molecular flexibility index (Phi) is 8.38. The number of esters is 1. The van der Waals surface area contributed by atoms with Gasteiger partial charge in [0.1, 0.15) is 5.01 Å². The first kappa shape index (κ1) is 23.1. The van der Waals surface area contributed by atoms with Crippen LogP contribution in [0, 0.1) is 0 Å². The molecule has 0 saturated carbocycles. The molecule has 0 spiro atoms. The van der Waals surface area contributed by atoms with E-state index in [1.165, 1.54) is 49.7 Å². The van der Waals surface area contributed by atoms with Crippen molar-refractivity contribution in [1.82, 2.24) is 9.88 Å². The summed E-state index contributed by atoms with van der Waals surface area (Å²) in [6.45, 7) is 8.57. The largest absolute Gasteiger partial charge is 0.464 e. The molecule has 0 fully saturated rings. The molecule has 29 heavy (non-hydrogen) atoms. The molecular weight excluding hydrogens is 384 g/mol. The third kappa shape index (κ3) is 6.67. The van der Waals surface area contributed by atoms with Crippen molar-refractivity contribution in [3.8, 4) is 0 Å². The van der Waals surface area contributed by atoms with Crippen molar-refractivity contribution in [3.05, 3.63) is 51.5 Å². The Bertz CT molecular complexity index is 806. The second-order valence-electron chi connectivity index (χ2n) is 8.19. The van der Waals surface area contributed by atoms with Crippen LogP contribution in [0.25, 0.3) is 0 Å². The summed E-state index contributed by atoms with van der Waals surface area (Å²) < 4.78 is 4.72. The van der Waals surface area contributed by atoms with Gasteiger partial charge in [0.15, 0.2) is 5.69 Å². The predicted molar refractivity (Wildman–Crippen MR) is 117 cm³/mol. The van der Waals surface area contributed by atoms with Gasteiger partial charge >= 0.3 is 5.97 Å². The Morgan fingerprint density at radius 2 is 1.79 bits per heavy atom. The van der Waals surface area contributed by atoms with E-state index in [9.17, 15) is 9.59 Å². The smallest absolute Gasteiger partial charge is 0.357 e. The van der Waals surface area contributed by atoms with Crippen LogP contribution in [0.4, 0.5) is 0 Å². The molecule has 1 aromatic carbocycles. The van der Waals surface area contributed by atoms with Crippen LogP contribution in [0.3, 0.4) is 0 Å². The first-order chi connectivity index (χ1) is 13.8. The Labute approximate surface area is 178 Å². The van der Waals surface area contributed by atoms with E-state index in [2.05, 4.69) is 24.0 Å². The zero-order chi connectivity index (χ0) is 21.4. The van der Waals surface area contributed by atoms with Crippen molar-refractivity contribution < 1.29 is 14.3 Å². The SMILES string of the molecule is CCCCCCc1ccc(C(=O)N(Cc2nc(C(=O)OC)cs2)C(C)(C)C)cc1. The summed E-state index contributed by atoms with van der Waals surface area (Å²) in [6.07, 6.45) is 5.98. The average Bonchev–Trinajstić information content (AvgIpc) is 3.17. The quantitative estimate of drug-likeness (QED) is 0.400. The number of aryl methyl sites for hydroxylation is 1. The number of carbonyl (C=O) groups is 2. The van der Waals surface area contributed by atoms with Gasteiger partial charge < -0.3 is 9.64 Å². The van der Waals surface area contributed by atoms with Crippen LogP contribution >= 0.6 is 11.3 Å². The minimum Gasteiger partial charge on any atom is -0.464 e. The number of carbonyl (C=O) groups excluding carboxylic acids is 2. The molecule has 1 aromatic heterocycles. The second kappa shape index (κ2) is 10.5. The number of hydrogen-bond donors (Lipinski definition) is 0. The van der Waals surface area contributed by atoms with Crippen LogP contribution in [0.1, 0.15) is 84.8 Å². The van der Waals surface area contributed by atoms with Crippen LogP contribution in [-0.2, 0) is 17.7 Å². The fourth-order valence-electron chi connectivity index (χ4n) is 3.06. The van der Waals surface area contributed by atoms with Crippen molar-refractivity contribution in [2.75, 3.05) is 7.11 Å². The predicted octanol–water partition coefficient (Wildman–Crippen LogP) is 5.49. The molecule has 5 nitrogen and oxygen atoms in total. The molecule has 0 unspecified atom stereocenters. The molecule has 0 N–H and O–H groups in total. The van der Waals surface area contributed by atoms with Gasteiger partial charge in [0.05, 0.1) is 13.7 Å². The Morgan fingerprint density at radius 1 is 1.10 bits per heavy atom. The average molecular weight is 417 g/mol. The van der Waals surface area contributed by atoms with E-state index in [0.717, 1.165) is 6.42 Å². The van der Waals surface area contributed by atoms with Gasteiger partial charge in [-0.05, 0) is 51.3 Å². The third-order valence-corrected chi connectivity index (χ3v) is 5.65. The number of nitrogens with zero attached hydrogens (tertiary/aromatic N) is 2. The number of ether oxygens (including phenoxy) is 1. The van der Waals surface area contributed by atoms with Crippen LogP contribution in [0.15, 0.2) is 29.6 Å². The van der Waals surface area contributed by atoms with E-state index >= 15 is 0 Å². The lowest BCUT2D eigenvalue weighted by Crippen LogP contribution is -2.45. The maximum atomic E-state index is 13.2. The van der Waals surface area contributed by atoms with E-state index in [4.69, 9.17) is 4.74 Å². The van der Waals surface area contributed by atoms with Crippen molar-refractivity contribution >= 4 is 23.2 Å². The van der Waals surface area contributed by atoms with E-state index in [1.54, 1.807) is 10.3 Å². The number of unbranched alkanes of at least 4 members (excludes halogenated alkanes) is 3. The first-order valence-electron chi connectivity index (χ1n) is 10.2. The number of benzene rings is 1. The van der Waals surface area contributed by atoms with Gasteiger partial charge in [-0.25, -0.2) is 9.78 Å². The lowest BCUT2D eigenvalue weighted by atomic mass is 10.0. The van der Waals surface area contributed by atoms with Crippen molar-refractivity contribution in [1.29, 1.82) is 0 Å². The zero-order valence-electron chi connectivity index (χ0n) is 18.2. The molecule has 1 heterocycles. The standard InChI is InChI=1S/C23H32N2O3S/c1-6-7-8-9-10-17-11-13-18(14-12-17)21(26)25(23(2,3)4)15-20-24-19(16-29-20)22(27)28-5/h11-14,16H,6-10,15H2,1-5H3. The first-order valence-corrected chi connectivity index (χ1v) is 11.1. The molecule has 2 rings (SSSR count). The molecule has 0 atom stereocenters. The molecule has 158 valence electrons. The van der Waals surface area contributed by atoms with E-state index < -0.39 is 5.97 Å². The minimum atomic E-state index is -0.462. The van der Waals surface area contributed by atoms with Crippen molar-refractivity contribution in [2.45, 2.75) is 71.9 Å². The van der Waals surface area contributed by atoms with E-state index in [1.807, 2.05) is 32.9 Å². The summed E-state index contributed by atoms with van der Waals surface area (Å²) in [5.41, 5.74) is 1.83.